The molecular formula is C14H15ClN4O2. The molecule has 7 heteroatoms. The molecule has 0 amide bonds. The van der Waals surface area contributed by atoms with Gasteiger partial charge in [0.2, 0.25) is 11.1 Å². The van der Waals surface area contributed by atoms with E-state index in [1.807, 2.05) is 31.2 Å². The molecule has 2 aromatic rings. The van der Waals surface area contributed by atoms with Crippen LogP contribution in [0.25, 0.3) is 0 Å². The van der Waals surface area contributed by atoms with E-state index in [0.29, 0.717) is 6.54 Å². The smallest absolute Gasteiger partial charge is 0.332 e. The Bertz CT molecular complexity index is 691. The van der Waals surface area contributed by atoms with Crippen molar-refractivity contribution >= 4 is 23.1 Å². The Morgan fingerprint density at radius 2 is 2.05 bits per heavy atom. The topological polar surface area (TPSA) is 72.2 Å². The quantitative estimate of drug-likeness (QED) is 0.492. The average Bonchev–Trinajstić information content (AvgIpc) is 2.37. The van der Waals surface area contributed by atoms with Gasteiger partial charge in [0.1, 0.15) is 5.69 Å². The molecule has 2 rings (SSSR count). The maximum Gasteiger partial charge on any atom is 0.332 e. The SMILES string of the molecule is Cc1cccc(CN(C)c2nc(Cl)nc(C)c2[N+](=O)[O-])c1. The molecule has 0 radical (unpaired) electrons. The predicted octanol–water partition coefficient (Wildman–Crippen LogP) is 3.29. The van der Waals surface area contributed by atoms with Gasteiger partial charge in [0.05, 0.1) is 4.92 Å². The van der Waals surface area contributed by atoms with Crippen molar-refractivity contribution in [3.63, 3.8) is 0 Å². The summed E-state index contributed by atoms with van der Waals surface area (Å²) in [4.78, 5) is 20.3. The fourth-order valence-electron chi connectivity index (χ4n) is 2.16. The van der Waals surface area contributed by atoms with Crippen LogP contribution in [-0.2, 0) is 6.54 Å². The number of hydrogen-bond acceptors (Lipinski definition) is 5. The minimum Gasteiger partial charge on any atom is -0.349 e. The van der Waals surface area contributed by atoms with E-state index in [9.17, 15) is 10.1 Å². The van der Waals surface area contributed by atoms with Gasteiger partial charge < -0.3 is 4.90 Å². The Kier molecular flexibility index (Phi) is 4.37. The zero-order valence-corrected chi connectivity index (χ0v) is 12.8. The maximum atomic E-state index is 11.2. The van der Waals surface area contributed by atoms with E-state index < -0.39 is 4.92 Å². The summed E-state index contributed by atoms with van der Waals surface area (Å²) in [6.45, 7) is 4.04. The first-order chi connectivity index (χ1) is 9.88. The Hall–Kier alpha value is -2.21. The van der Waals surface area contributed by atoms with Gasteiger partial charge in [-0.05, 0) is 31.0 Å². The molecule has 0 aliphatic rings. The van der Waals surface area contributed by atoms with Crippen molar-refractivity contribution in [2.75, 3.05) is 11.9 Å². The van der Waals surface area contributed by atoms with Gasteiger partial charge >= 0.3 is 5.69 Å². The molecule has 6 nitrogen and oxygen atoms in total. The lowest BCUT2D eigenvalue weighted by Gasteiger charge is -2.19. The monoisotopic (exact) mass is 306 g/mol. The van der Waals surface area contributed by atoms with Gasteiger partial charge in [0, 0.05) is 13.6 Å². The molecule has 0 aliphatic heterocycles. The molecule has 0 bridgehead atoms. The van der Waals surface area contributed by atoms with Crippen molar-refractivity contribution in [1.29, 1.82) is 0 Å². The number of benzene rings is 1. The Morgan fingerprint density at radius 3 is 2.67 bits per heavy atom. The summed E-state index contributed by atoms with van der Waals surface area (Å²) in [6.07, 6.45) is 0. The molecule has 1 heterocycles. The van der Waals surface area contributed by atoms with E-state index in [0.717, 1.165) is 11.1 Å². The molecule has 1 aromatic carbocycles. The van der Waals surface area contributed by atoms with E-state index in [1.54, 1.807) is 18.9 Å². The molecule has 0 unspecified atom stereocenters. The molecule has 0 atom stereocenters. The van der Waals surface area contributed by atoms with E-state index >= 15 is 0 Å². The van der Waals surface area contributed by atoms with Crippen LogP contribution in [0.3, 0.4) is 0 Å². The second kappa shape index (κ2) is 6.05. The minimum absolute atomic E-state index is 0.00388. The van der Waals surface area contributed by atoms with Crippen molar-refractivity contribution in [2.45, 2.75) is 20.4 Å². The Labute approximate surface area is 127 Å². The number of halogens is 1. The van der Waals surface area contributed by atoms with Gasteiger partial charge in [-0.15, -0.1) is 0 Å². The largest absolute Gasteiger partial charge is 0.349 e. The second-order valence-electron chi connectivity index (χ2n) is 4.85. The van der Waals surface area contributed by atoms with Crippen LogP contribution < -0.4 is 4.90 Å². The van der Waals surface area contributed by atoms with Gasteiger partial charge in [-0.3, -0.25) is 10.1 Å². The van der Waals surface area contributed by atoms with Crippen LogP contribution in [0.4, 0.5) is 11.5 Å². The molecular weight excluding hydrogens is 292 g/mol. The van der Waals surface area contributed by atoms with Crippen LogP contribution in [-0.4, -0.2) is 21.9 Å². The standard InChI is InChI=1S/C14H15ClN4O2/c1-9-5-4-6-11(7-9)8-18(3)13-12(19(20)21)10(2)16-14(15)17-13/h4-7H,8H2,1-3H3. The molecule has 0 saturated heterocycles. The van der Waals surface area contributed by atoms with Gasteiger partial charge in [0.15, 0.2) is 0 Å². The minimum atomic E-state index is -0.478. The van der Waals surface area contributed by atoms with E-state index in [2.05, 4.69) is 9.97 Å². The lowest BCUT2D eigenvalue weighted by atomic mass is 10.1. The van der Waals surface area contributed by atoms with E-state index in [4.69, 9.17) is 11.6 Å². The van der Waals surface area contributed by atoms with Gasteiger partial charge in [-0.25, -0.2) is 4.98 Å². The lowest BCUT2D eigenvalue weighted by molar-refractivity contribution is -0.385. The summed E-state index contributed by atoms with van der Waals surface area (Å²) in [6, 6.07) is 7.94. The fourth-order valence-corrected chi connectivity index (χ4v) is 2.36. The van der Waals surface area contributed by atoms with Crippen molar-refractivity contribution in [3.05, 3.63) is 56.5 Å². The van der Waals surface area contributed by atoms with Crippen molar-refractivity contribution in [3.8, 4) is 0 Å². The van der Waals surface area contributed by atoms with Gasteiger partial charge in [0.25, 0.3) is 0 Å². The summed E-state index contributed by atoms with van der Waals surface area (Å²) in [7, 11) is 1.74. The van der Waals surface area contributed by atoms with Gasteiger partial charge in [-0.2, -0.15) is 4.98 Å². The highest BCUT2D eigenvalue weighted by molar-refractivity contribution is 6.28. The maximum absolute atomic E-state index is 11.2. The summed E-state index contributed by atoms with van der Waals surface area (Å²) in [5, 5.41) is 11.2. The molecule has 0 aliphatic carbocycles. The third-order valence-corrected chi connectivity index (χ3v) is 3.23. The first-order valence-corrected chi connectivity index (χ1v) is 6.71. The van der Waals surface area contributed by atoms with Crippen LogP contribution in [0.1, 0.15) is 16.8 Å². The first kappa shape index (κ1) is 15.2. The van der Waals surface area contributed by atoms with Crippen molar-refractivity contribution < 1.29 is 4.92 Å². The molecule has 110 valence electrons. The highest BCUT2D eigenvalue weighted by Crippen LogP contribution is 2.29. The third kappa shape index (κ3) is 3.46. The number of nitro groups is 1. The van der Waals surface area contributed by atoms with Gasteiger partial charge in [-0.1, -0.05) is 29.8 Å². The fraction of sp³-hybridized carbons (Fsp3) is 0.286. The summed E-state index contributed by atoms with van der Waals surface area (Å²) >= 11 is 5.83. The Balaban J connectivity index is 2.39. The van der Waals surface area contributed by atoms with Crippen LogP contribution >= 0.6 is 11.6 Å². The molecule has 0 saturated carbocycles. The average molecular weight is 307 g/mol. The van der Waals surface area contributed by atoms with Crippen LogP contribution in [0.15, 0.2) is 24.3 Å². The van der Waals surface area contributed by atoms with Crippen molar-refractivity contribution in [2.24, 2.45) is 0 Å². The number of anilines is 1. The Morgan fingerprint density at radius 1 is 1.33 bits per heavy atom. The normalized spacial score (nSPS) is 10.5. The molecule has 0 fully saturated rings. The number of rotatable bonds is 4. The summed E-state index contributed by atoms with van der Waals surface area (Å²) < 4.78 is 0. The number of aromatic nitrogens is 2. The molecule has 0 spiro atoms. The number of hydrogen-bond donors (Lipinski definition) is 0. The van der Waals surface area contributed by atoms with Crippen LogP contribution in [0.2, 0.25) is 5.28 Å². The lowest BCUT2D eigenvalue weighted by Crippen LogP contribution is -2.20. The molecule has 1 aromatic heterocycles. The van der Waals surface area contributed by atoms with Crippen LogP contribution in [0, 0.1) is 24.0 Å². The van der Waals surface area contributed by atoms with Crippen molar-refractivity contribution in [1.82, 2.24) is 9.97 Å². The van der Waals surface area contributed by atoms with Crippen LogP contribution in [0.5, 0.6) is 0 Å². The van der Waals surface area contributed by atoms with E-state index in [1.165, 1.54) is 0 Å². The second-order valence-corrected chi connectivity index (χ2v) is 5.19. The molecule has 0 N–H and O–H groups in total. The molecule has 21 heavy (non-hydrogen) atoms. The zero-order valence-electron chi connectivity index (χ0n) is 12.0. The summed E-state index contributed by atoms with van der Waals surface area (Å²) in [5.41, 5.74) is 2.31. The number of aryl methyl sites for hydroxylation is 2. The number of nitrogens with zero attached hydrogens (tertiary/aromatic N) is 4. The highest BCUT2D eigenvalue weighted by Gasteiger charge is 2.24. The summed E-state index contributed by atoms with van der Waals surface area (Å²) in [5.74, 6) is 0.221. The third-order valence-electron chi connectivity index (χ3n) is 3.06. The predicted molar refractivity (Wildman–Crippen MR) is 81.7 cm³/mol. The zero-order chi connectivity index (χ0) is 15.6. The van der Waals surface area contributed by atoms with E-state index in [-0.39, 0.29) is 22.5 Å². The first-order valence-electron chi connectivity index (χ1n) is 6.33. The highest BCUT2D eigenvalue weighted by atomic mass is 35.5.